The van der Waals surface area contributed by atoms with Gasteiger partial charge in [0.25, 0.3) is 0 Å². The fourth-order valence-corrected chi connectivity index (χ4v) is 1.36. The summed E-state index contributed by atoms with van der Waals surface area (Å²) in [7, 11) is 0. The second kappa shape index (κ2) is 7.93. The number of esters is 2. The van der Waals surface area contributed by atoms with Crippen LogP contribution < -0.4 is 0 Å². The molecule has 0 aliphatic carbocycles. The number of aliphatic carboxylic acids is 1. The van der Waals surface area contributed by atoms with Crippen molar-refractivity contribution in [1.29, 1.82) is 0 Å². The first-order valence-electron chi connectivity index (χ1n) is 6.11. The molecule has 0 fully saturated rings. The van der Waals surface area contributed by atoms with Gasteiger partial charge in [-0.25, -0.2) is 4.79 Å². The molecule has 0 aliphatic heterocycles. The van der Waals surface area contributed by atoms with E-state index in [0.717, 1.165) is 5.56 Å². The molecule has 0 aliphatic rings. The van der Waals surface area contributed by atoms with E-state index in [4.69, 9.17) is 14.6 Å². The third-order valence-corrected chi connectivity index (χ3v) is 2.41. The van der Waals surface area contributed by atoms with Crippen molar-refractivity contribution >= 4 is 17.9 Å². The SMILES string of the molecule is CC(OC(=O)CCC(=O)O)C(=O)OCc1ccccc1. The second-order valence-electron chi connectivity index (χ2n) is 4.12. The first-order chi connectivity index (χ1) is 9.49. The van der Waals surface area contributed by atoms with E-state index in [-0.39, 0.29) is 19.4 Å². The molecule has 1 aromatic rings. The van der Waals surface area contributed by atoms with Crippen molar-refractivity contribution in [3.8, 4) is 0 Å². The van der Waals surface area contributed by atoms with Crippen LogP contribution in [0.3, 0.4) is 0 Å². The molecule has 0 aromatic heterocycles. The molecule has 0 bridgehead atoms. The topological polar surface area (TPSA) is 89.9 Å². The van der Waals surface area contributed by atoms with Crippen LogP contribution in [-0.4, -0.2) is 29.1 Å². The normalized spacial score (nSPS) is 11.4. The Bertz CT molecular complexity index is 468. The van der Waals surface area contributed by atoms with Crippen molar-refractivity contribution in [1.82, 2.24) is 0 Å². The average molecular weight is 280 g/mol. The maximum Gasteiger partial charge on any atom is 0.347 e. The average Bonchev–Trinajstić information content (AvgIpc) is 2.43. The number of carboxylic acids is 1. The standard InChI is InChI=1S/C14H16O6/c1-10(20-13(17)8-7-12(15)16)14(18)19-9-11-5-3-2-4-6-11/h2-6,10H,7-9H2,1H3,(H,15,16). The maximum absolute atomic E-state index is 11.6. The largest absolute Gasteiger partial charge is 0.481 e. The van der Waals surface area contributed by atoms with E-state index in [1.807, 2.05) is 18.2 Å². The molecule has 0 saturated carbocycles. The highest BCUT2D eigenvalue weighted by molar-refractivity contribution is 5.81. The van der Waals surface area contributed by atoms with Crippen molar-refractivity contribution < 1.29 is 29.0 Å². The van der Waals surface area contributed by atoms with Gasteiger partial charge in [0.15, 0.2) is 6.10 Å². The number of ether oxygens (including phenoxy) is 2. The Morgan fingerprint density at radius 2 is 1.80 bits per heavy atom. The summed E-state index contributed by atoms with van der Waals surface area (Å²) in [5, 5.41) is 8.42. The Labute approximate surface area is 116 Å². The van der Waals surface area contributed by atoms with Crippen LogP contribution in [0, 0.1) is 0 Å². The zero-order valence-electron chi connectivity index (χ0n) is 11.1. The Balaban J connectivity index is 2.32. The van der Waals surface area contributed by atoms with Gasteiger partial charge in [-0.05, 0) is 12.5 Å². The van der Waals surface area contributed by atoms with Gasteiger partial charge in [-0.2, -0.15) is 0 Å². The molecule has 0 heterocycles. The highest BCUT2D eigenvalue weighted by Gasteiger charge is 2.19. The van der Waals surface area contributed by atoms with Gasteiger partial charge in [-0.3, -0.25) is 9.59 Å². The van der Waals surface area contributed by atoms with E-state index in [1.54, 1.807) is 12.1 Å². The van der Waals surface area contributed by atoms with Crippen LogP contribution in [0.1, 0.15) is 25.3 Å². The third kappa shape index (κ3) is 5.99. The molecular weight excluding hydrogens is 264 g/mol. The van der Waals surface area contributed by atoms with E-state index in [9.17, 15) is 14.4 Å². The van der Waals surface area contributed by atoms with E-state index in [0.29, 0.717) is 0 Å². The molecule has 1 unspecified atom stereocenters. The smallest absolute Gasteiger partial charge is 0.347 e. The van der Waals surface area contributed by atoms with E-state index in [1.165, 1.54) is 6.92 Å². The van der Waals surface area contributed by atoms with Gasteiger partial charge < -0.3 is 14.6 Å². The predicted octanol–water partition coefficient (Wildman–Crippen LogP) is 1.53. The van der Waals surface area contributed by atoms with Crippen LogP contribution in [0.15, 0.2) is 30.3 Å². The van der Waals surface area contributed by atoms with Gasteiger partial charge in [0.05, 0.1) is 12.8 Å². The van der Waals surface area contributed by atoms with Crippen molar-refractivity contribution in [3.63, 3.8) is 0 Å². The van der Waals surface area contributed by atoms with E-state index in [2.05, 4.69) is 0 Å². The number of benzene rings is 1. The minimum atomic E-state index is -1.10. The number of hydrogen-bond donors (Lipinski definition) is 1. The summed E-state index contributed by atoms with van der Waals surface area (Å²) < 4.78 is 9.76. The maximum atomic E-state index is 11.6. The fraction of sp³-hybridized carbons (Fsp3) is 0.357. The van der Waals surface area contributed by atoms with Crippen LogP contribution in [0.5, 0.6) is 0 Å². The molecule has 1 aromatic carbocycles. The number of carbonyl (C=O) groups excluding carboxylic acids is 2. The first kappa shape index (κ1) is 15.7. The molecule has 20 heavy (non-hydrogen) atoms. The number of carboxylic acid groups (broad SMARTS) is 1. The molecule has 1 N–H and O–H groups in total. The highest BCUT2D eigenvalue weighted by Crippen LogP contribution is 2.04. The summed E-state index contributed by atoms with van der Waals surface area (Å²) >= 11 is 0. The monoisotopic (exact) mass is 280 g/mol. The first-order valence-corrected chi connectivity index (χ1v) is 6.11. The number of hydrogen-bond acceptors (Lipinski definition) is 5. The summed E-state index contributed by atoms with van der Waals surface area (Å²) in [5.41, 5.74) is 0.824. The van der Waals surface area contributed by atoms with Crippen LogP contribution in [0.4, 0.5) is 0 Å². The minimum Gasteiger partial charge on any atom is -0.481 e. The van der Waals surface area contributed by atoms with Crippen molar-refractivity contribution in [2.75, 3.05) is 0 Å². The molecule has 6 heteroatoms. The predicted molar refractivity (Wildman–Crippen MR) is 68.7 cm³/mol. The summed E-state index contributed by atoms with van der Waals surface area (Å²) in [6.45, 7) is 1.47. The van der Waals surface area contributed by atoms with Crippen LogP contribution >= 0.6 is 0 Å². The van der Waals surface area contributed by atoms with Gasteiger partial charge in [-0.1, -0.05) is 30.3 Å². The van der Waals surface area contributed by atoms with Crippen molar-refractivity contribution in [2.45, 2.75) is 32.5 Å². The second-order valence-corrected chi connectivity index (χ2v) is 4.12. The zero-order chi connectivity index (χ0) is 15.0. The molecule has 1 rings (SSSR count). The Hall–Kier alpha value is -2.37. The minimum absolute atomic E-state index is 0.0939. The third-order valence-electron chi connectivity index (χ3n) is 2.41. The number of carbonyl (C=O) groups is 3. The molecule has 1 atom stereocenters. The Morgan fingerprint density at radius 1 is 1.15 bits per heavy atom. The molecule has 0 spiro atoms. The zero-order valence-corrected chi connectivity index (χ0v) is 11.1. The summed E-state index contributed by atoms with van der Waals surface area (Å²) in [4.78, 5) is 33.1. The summed E-state index contributed by atoms with van der Waals surface area (Å²) in [5.74, 6) is -2.50. The van der Waals surface area contributed by atoms with Gasteiger partial charge in [0.1, 0.15) is 6.61 Å². The Morgan fingerprint density at radius 3 is 2.40 bits per heavy atom. The molecule has 6 nitrogen and oxygen atoms in total. The lowest BCUT2D eigenvalue weighted by molar-refractivity contribution is -0.167. The lowest BCUT2D eigenvalue weighted by Crippen LogP contribution is -2.26. The molecule has 0 radical (unpaired) electrons. The molecule has 0 amide bonds. The fourth-order valence-electron chi connectivity index (χ4n) is 1.36. The van der Waals surface area contributed by atoms with Crippen LogP contribution in [-0.2, 0) is 30.5 Å². The van der Waals surface area contributed by atoms with Gasteiger partial charge in [-0.15, -0.1) is 0 Å². The van der Waals surface area contributed by atoms with Gasteiger partial charge in [0, 0.05) is 0 Å². The molecule has 108 valence electrons. The number of rotatable bonds is 7. The van der Waals surface area contributed by atoms with Gasteiger partial charge >= 0.3 is 17.9 Å². The summed E-state index contributed by atoms with van der Waals surface area (Å²) in [6.07, 6.45) is -1.66. The lowest BCUT2D eigenvalue weighted by Gasteiger charge is -2.12. The summed E-state index contributed by atoms with van der Waals surface area (Å²) in [6, 6.07) is 9.09. The van der Waals surface area contributed by atoms with Gasteiger partial charge in [0.2, 0.25) is 0 Å². The highest BCUT2D eigenvalue weighted by atomic mass is 16.6. The van der Waals surface area contributed by atoms with E-state index < -0.39 is 24.0 Å². The van der Waals surface area contributed by atoms with Crippen LogP contribution in [0.2, 0.25) is 0 Å². The quantitative estimate of drug-likeness (QED) is 0.762. The van der Waals surface area contributed by atoms with E-state index >= 15 is 0 Å². The van der Waals surface area contributed by atoms with Crippen molar-refractivity contribution in [3.05, 3.63) is 35.9 Å². The Kier molecular flexibility index (Phi) is 6.22. The molecule has 0 saturated heterocycles. The van der Waals surface area contributed by atoms with Crippen LogP contribution in [0.25, 0.3) is 0 Å². The molecular formula is C14H16O6. The van der Waals surface area contributed by atoms with Crippen molar-refractivity contribution in [2.24, 2.45) is 0 Å². The lowest BCUT2D eigenvalue weighted by atomic mass is 10.2.